The highest BCUT2D eigenvalue weighted by Gasteiger charge is 2.22. The lowest BCUT2D eigenvalue weighted by atomic mass is 10.1. The molecule has 2 aromatic carbocycles. The van der Waals surface area contributed by atoms with Crippen LogP contribution in [-0.4, -0.2) is 33.1 Å². The highest BCUT2D eigenvalue weighted by atomic mass is 32.2. The molecule has 0 saturated heterocycles. The molecule has 0 saturated carbocycles. The first-order valence-electron chi connectivity index (χ1n) is 8.34. The Kier molecular flexibility index (Phi) is 5.42. The average molecular weight is 367 g/mol. The molecule has 3 aromatic rings. The van der Waals surface area contributed by atoms with Crippen molar-refractivity contribution < 1.29 is 9.53 Å². The largest absolute Gasteiger partial charge is 0.468 e. The normalized spacial score (nSPS) is 12.0. The van der Waals surface area contributed by atoms with Crippen LogP contribution in [0.2, 0.25) is 0 Å². The van der Waals surface area contributed by atoms with Crippen molar-refractivity contribution in [1.82, 2.24) is 14.8 Å². The summed E-state index contributed by atoms with van der Waals surface area (Å²) < 4.78 is 6.83. The SMILES string of the molecule is COC(=O)[C@@H](C)Sc1nnc(-c2ccccc2)n1-c1ccc(C)c(C)c1. The fourth-order valence-corrected chi connectivity index (χ4v) is 3.48. The van der Waals surface area contributed by atoms with Crippen LogP contribution in [0.25, 0.3) is 17.1 Å². The third-order valence-electron chi connectivity index (χ3n) is 4.23. The van der Waals surface area contributed by atoms with Gasteiger partial charge in [0.05, 0.1) is 12.8 Å². The van der Waals surface area contributed by atoms with Crippen molar-refractivity contribution in [2.45, 2.75) is 31.2 Å². The molecule has 26 heavy (non-hydrogen) atoms. The smallest absolute Gasteiger partial charge is 0.318 e. The van der Waals surface area contributed by atoms with Gasteiger partial charge >= 0.3 is 5.97 Å². The summed E-state index contributed by atoms with van der Waals surface area (Å²) in [4.78, 5) is 11.8. The number of aromatic nitrogens is 3. The number of methoxy groups -OCH3 is 1. The minimum absolute atomic E-state index is 0.286. The van der Waals surface area contributed by atoms with E-state index in [4.69, 9.17) is 4.74 Å². The van der Waals surface area contributed by atoms with Crippen LogP contribution in [0.4, 0.5) is 0 Å². The Morgan fingerprint density at radius 2 is 1.81 bits per heavy atom. The third kappa shape index (κ3) is 3.65. The minimum atomic E-state index is -0.377. The van der Waals surface area contributed by atoms with Crippen LogP contribution in [0.1, 0.15) is 18.1 Å². The summed E-state index contributed by atoms with van der Waals surface area (Å²) >= 11 is 1.34. The highest BCUT2D eigenvalue weighted by molar-refractivity contribution is 8.00. The molecule has 0 amide bonds. The van der Waals surface area contributed by atoms with Gasteiger partial charge in [-0.3, -0.25) is 9.36 Å². The van der Waals surface area contributed by atoms with Gasteiger partial charge in [-0.2, -0.15) is 0 Å². The van der Waals surface area contributed by atoms with E-state index in [2.05, 4.69) is 36.2 Å². The van der Waals surface area contributed by atoms with Crippen LogP contribution in [0.5, 0.6) is 0 Å². The van der Waals surface area contributed by atoms with E-state index in [0.717, 1.165) is 17.1 Å². The van der Waals surface area contributed by atoms with E-state index in [1.807, 2.05) is 41.0 Å². The maximum atomic E-state index is 11.8. The maximum Gasteiger partial charge on any atom is 0.318 e. The molecule has 0 aliphatic heterocycles. The molecular formula is C20H21N3O2S. The van der Waals surface area contributed by atoms with Crippen LogP contribution < -0.4 is 0 Å². The topological polar surface area (TPSA) is 57.0 Å². The molecule has 1 heterocycles. The number of esters is 1. The first-order chi connectivity index (χ1) is 12.5. The van der Waals surface area contributed by atoms with Crippen molar-refractivity contribution in [3.8, 4) is 17.1 Å². The van der Waals surface area contributed by atoms with E-state index in [0.29, 0.717) is 5.16 Å². The quantitative estimate of drug-likeness (QED) is 0.499. The molecule has 1 aromatic heterocycles. The Morgan fingerprint density at radius 1 is 1.08 bits per heavy atom. The summed E-state index contributed by atoms with van der Waals surface area (Å²) in [6, 6.07) is 16.1. The van der Waals surface area contributed by atoms with Gasteiger partial charge in [0, 0.05) is 5.56 Å². The van der Waals surface area contributed by atoms with E-state index in [1.165, 1.54) is 30.0 Å². The van der Waals surface area contributed by atoms with Crippen molar-refractivity contribution in [3.05, 3.63) is 59.7 Å². The summed E-state index contributed by atoms with van der Waals surface area (Å²) in [7, 11) is 1.39. The zero-order chi connectivity index (χ0) is 18.7. The molecule has 0 radical (unpaired) electrons. The van der Waals surface area contributed by atoms with Gasteiger partial charge in [0.1, 0.15) is 5.25 Å². The van der Waals surface area contributed by atoms with Crippen molar-refractivity contribution in [2.75, 3.05) is 7.11 Å². The first kappa shape index (κ1) is 18.2. The van der Waals surface area contributed by atoms with E-state index in [9.17, 15) is 4.79 Å². The van der Waals surface area contributed by atoms with Gasteiger partial charge in [0.15, 0.2) is 11.0 Å². The zero-order valence-electron chi connectivity index (χ0n) is 15.3. The van der Waals surface area contributed by atoms with Crippen LogP contribution in [-0.2, 0) is 9.53 Å². The van der Waals surface area contributed by atoms with Gasteiger partial charge in [-0.05, 0) is 44.0 Å². The van der Waals surface area contributed by atoms with Crippen molar-refractivity contribution in [1.29, 1.82) is 0 Å². The molecule has 0 aliphatic carbocycles. The van der Waals surface area contributed by atoms with Gasteiger partial charge in [-0.1, -0.05) is 48.2 Å². The average Bonchev–Trinajstić information content (AvgIpc) is 3.07. The number of carbonyl (C=O) groups is 1. The van der Waals surface area contributed by atoms with Crippen molar-refractivity contribution in [2.24, 2.45) is 0 Å². The molecule has 0 fully saturated rings. The van der Waals surface area contributed by atoms with Gasteiger partial charge in [0.25, 0.3) is 0 Å². The van der Waals surface area contributed by atoms with Crippen LogP contribution in [0, 0.1) is 13.8 Å². The monoisotopic (exact) mass is 367 g/mol. The van der Waals surface area contributed by atoms with Gasteiger partial charge < -0.3 is 4.74 Å². The zero-order valence-corrected chi connectivity index (χ0v) is 16.1. The summed E-state index contributed by atoms with van der Waals surface area (Å²) in [5.74, 6) is 0.458. The van der Waals surface area contributed by atoms with Crippen molar-refractivity contribution >= 4 is 17.7 Å². The van der Waals surface area contributed by atoms with Crippen LogP contribution in [0.3, 0.4) is 0 Å². The number of hydrogen-bond acceptors (Lipinski definition) is 5. The fourth-order valence-electron chi connectivity index (χ4n) is 2.59. The summed E-state index contributed by atoms with van der Waals surface area (Å²) in [5.41, 5.74) is 4.35. The number of rotatable bonds is 5. The predicted octanol–water partition coefficient (Wildman–Crippen LogP) is 4.20. The lowest BCUT2D eigenvalue weighted by molar-refractivity contribution is -0.139. The van der Waals surface area contributed by atoms with Crippen molar-refractivity contribution in [3.63, 3.8) is 0 Å². The molecule has 0 unspecified atom stereocenters. The lowest BCUT2D eigenvalue weighted by Gasteiger charge is -2.14. The van der Waals surface area contributed by atoms with E-state index >= 15 is 0 Å². The Labute approximate surface area is 157 Å². The van der Waals surface area contributed by atoms with E-state index < -0.39 is 0 Å². The second kappa shape index (κ2) is 7.74. The molecule has 6 heteroatoms. The molecule has 5 nitrogen and oxygen atoms in total. The Hall–Kier alpha value is -2.60. The second-order valence-corrected chi connectivity index (χ2v) is 7.37. The first-order valence-corrected chi connectivity index (χ1v) is 9.22. The molecule has 134 valence electrons. The number of benzene rings is 2. The second-order valence-electron chi connectivity index (χ2n) is 6.06. The number of aryl methyl sites for hydroxylation is 2. The third-order valence-corrected chi connectivity index (χ3v) is 5.25. The highest BCUT2D eigenvalue weighted by Crippen LogP contribution is 2.31. The molecule has 0 N–H and O–H groups in total. The fraction of sp³-hybridized carbons (Fsp3) is 0.250. The Bertz CT molecular complexity index is 922. The lowest BCUT2D eigenvalue weighted by Crippen LogP contribution is -2.15. The number of carbonyl (C=O) groups excluding carboxylic acids is 1. The number of thioether (sulfide) groups is 1. The standard InChI is InChI=1S/C20H21N3O2S/c1-13-10-11-17(12-14(13)2)23-18(16-8-6-5-7-9-16)21-22-20(23)26-15(3)19(24)25-4/h5-12,15H,1-4H3/t15-/m1/s1. The summed E-state index contributed by atoms with van der Waals surface area (Å²) in [6.45, 7) is 5.96. The van der Waals surface area contributed by atoms with Gasteiger partial charge in [0.2, 0.25) is 0 Å². The van der Waals surface area contributed by atoms with E-state index in [-0.39, 0.29) is 11.2 Å². The number of hydrogen-bond donors (Lipinski definition) is 0. The van der Waals surface area contributed by atoms with E-state index in [1.54, 1.807) is 6.92 Å². The molecule has 0 spiro atoms. The molecular weight excluding hydrogens is 346 g/mol. The Balaban J connectivity index is 2.12. The Morgan fingerprint density at radius 3 is 2.46 bits per heavy atom. The molecule has 3 rings (SSSR count). The number of ether oxygens (including phenoxy) is 1. The van der Waals surface area contributed by atoms with Crippen LogP contribution in [0.15, 0.2) is 53.7 Å². The van der Waals surface area contributed by atoms with Gasteiger partial charge in [-0.15, -0.1) is 10.2 Å². The van der Waals surface area contributed by atoms with Crippen LogP contribution >= 0.6 is 11.8 Å². The molecule has 0 bridgehead atoms. The van der Waals surface area contributed by atoms with Gasteiger partial charge in [-0.25, -0.2) is 0 Å². The summed E-state index contributed by atoms with van der Waals surface area (Å²) in [5, 5.41) is 9.02. The number of nitrogens with zero attached hydrogens (tertiary/aromatic N) is 3. The maximum absolute atomic E-state index is 11.8. The molecule has 0 aliphatic rings. The molecule has 1 atom stereocenters. The predicted molar refractivity (Wildman–Crippen MR) is 104 cm³/mol. The minimum Gasteiger partial charge on any atom is -0.468 e. The summed E-state index contributed by atoms with van der Waals surface area (Å²) in [6.07, 6.45) is 0.